The third-order valence-electron chi connectivity index (χ3n) is 1.94. The van der Waals surface area contributed by atoms with Gasteiger partial charge in [0.25, 0.3) is 0 Å². The number of carboxylic acid groups (broad SMARTS) is 2. The Labute approximate surface area is 137 Å². The van der Waals surface area contributed by atoms with Crippen molar-refractivity contribution in [3.05, 3.63) is 12.2 Å². The molecular formula is C9H16Na2O4. The molecule has 0 aromatic carbocycles. The summed E-state index contributed by atoms with van der Waals surface area (Å²) in [7, 11) is 0. The zero-order valence-corrected chi connectivity index (χ0v) is 13.7. The Hall–Kier alpha value is 0.680. The molecule has 0 heterocycles. The molecule has 0 amide bonds. The van der Waals surface area contributed by atoms with E-state index in [1.54, 1.807) is 19.1 Å². The van der Waals surface area contributed by atoms with Gasteiger partial charge in [0, 0.05) is 0 Å². The summed E-state index contributed by atoms with van der Waals surface area (Å²) in [6.45, 7) is 3.18. The summed E-state index contributed by atoms with van der Waals surface area (Å²) in [6.07, 6.45) is 3.64. The molecule has 0 spiro atoms. The van der Waals surface area contributed by atoms with Crippen molar-refractivity contribution in [2.75, 3.05) is 0 Å². The van der Waals surface area contributed by atoms with E-state index in [1.807, 2.05) is 0 Å². The molecule has 4 nitrogen and oxygen atoms in total. The van der Waals surface area contributed by atoms with Crippen molar-refractivity contribution in [2.24, 2.45) is 11.8 Å². The fraction of sp³-hybridized carbons (Fsp3) is 0.556. The first kappa shape index (κ1) is 21.0. The third-order valence-corrected chi connectivity index (χ3v) is 1.94. The van der Waals surface area contributed by atoms with Crippen molar-refractivity contribution in [3.8, 4) is 0 Å². The van der Waals surface area contributed by atoms with Gasteiger partial charge >= 0.3 is 71.1 Å². The van der Waals surface area contributed by atoms with Crippen LogP contribution in [0, 0.1) is 11.8 Å². The summed E-state index contributed by atoms with van der Waals surface area (Å²) >= 11 is 0. The normalized spacial score (nSPS) is 13.5. The average molecular weight is 234 g/mol. The maximum atomic E-state index is 10.7. The molecule has 2 N–H and O–H groups in total. The minimum absolute atomic E-state index is 0. The smallest absolute Gasteiger partial charge is 1.00 e. The van der Waals surface area contributed by atoms with Gasteiger partial charge in [0.05, 0.1) is 11.8 Å². The predicted octanol–water partition coefficient (Wildman–Crippen LogP) is -4.39. The molecule has 0 aromatic heterocycles. The van der Waals surface area contributed by atoms with Crippen LogP contribution in [-0.4, -0.2) is 22.2 Å². The molecule has 0 aromatic rings. The van der Waals surface area contributed by atoms with Crippen LogP contribution >= 0.6 is 0 Å². The SMILES string of the molecule is CC=CCC(C(=O)O)C(C)C(=O)O.[H-].[H-].[Na+].[Na+]. The van der Waals surface area contributed by atoms with Crippen molar-refractivity contribution in [3.63, 3.8) is 0 Å². The number of carbonyl (C=O) groups is 2. The molecule has 0 aliphatic heterocycles. The summed E-state index contributed by atoms with van der Waals surface area (Å²) in [5.74, 6) is -3.83. The van der Waals surface area contributed by atoms with Gasteiger partial charge in [0.15, 0.2) is 0 Å². The number of hydrogen-bond donors (Lipinski definition) is 2. The van der Waals surface area contributed by atoms with Crippen LogP contribution in [0.1, 0.15) is 23.1 Å². The second-order valence-corrected chi connectivity index (χ2v) is 2.88. The van der Waals surface area contributed by atoms with Crippen molar-refractivity contribution in [1.82, 2.24) is 0 Å². The Balaban J connectivity index is -0.000000120. The first-order chi connectivity index (χ1) is 6.00. The quantitative estimate of drug-likeness (QED) is 0.372. The van der Waals surface area contributed by atoms with E-state index in [0.29, 0.717) is 0 Å². The van der Waals surface area contributed by atoms with Crippen LogP contribution < -0.4 is 59.1 Å². The van der Waals surface area contributed by atoms with Crippen molar-refractivity contribution < 1.29 is 81.8 Å². The molecule has 0 fully saturated rings. The van der Waals surface area contributed by atoms with E-state index in [2.05, 4.69) is 0 Å². The second kappa shape index (κ2) is 11.2. The van der Waals surface area contributed by atoms with Gasteiger partial charge < -0.3 is 13.1 Å². The number of aliphatic carboxylic acids is 2. The molecule has 2 unspecified atom stereocenters. The van der Waals surface area contributed by atoms with E-state index >= 15 is 0 Å². The molecule has 0 bridgehead atoms. The van der Waals surface area contributed by atoms with Gasteiger partial charge in [-0.1, -0.05) is 19.1 Å². The van der Waals surface area contributed by atoms with Crippen LogP contribution in [-0.2, 0) is 9.59 Å². The van der Waals surface area contributed by atoms with Crippen molar-refractivity contribution in [1.29, 1.82) is 0 Å². The zero-order valence-electron chi connectivity index (χ0n) is 11.7. The standard InChI is InChI=1S/C9H14O4.2Na.2H/c1-3-4-5-7(9(12)13)6(2)8(10)11;;;;/h3-4,6-7H,5H2,1-2H3,(H,10,11)(H,12,13);;;;/q;2*+1;2*-1. The summed E-state index contributed by atoms with van der Waals surface area (Å²) in [5, 5.41) is 17.3. The topological polar surface area (TPSA) is 74.6 Å². The molecule has 78 valence electrons. The fourth-order valence-electron chi connectivity index (χ4n) is 0.974. The molecule has 6 heteroatoms. The van der Waals surface area contributed by atoms with Crippen LogP contribution in [0.2, 0.25) is 0 Å². The van der Waals surface area contributed by atoms with Crippen molar-refractivity contribution >= 4 is 11.9 Å². The van der Waals surface area contributed by atoms with Gasteiger partial charge in [0.2, 0.25) is 0 Å². The summed E-state index contributed by atoms with van der Waals surface area (Å²) in [6, 6.07) is 0. The number of carboxylic acids is 2. The summed E-state index contributed by atoms with van der Waals surface area (Å²) in [4.78, 5) is 21.2. The van der Waals surface area contributed by atoms with E-state index in [0.717, 1.165) is 0 Å². The molecule has 15 heavy (non-hydrogen) atoms. The molecular weight excluding hydrogens is 218 g/mol. The Kier molecular flexibility index (Phi) is 15.7. The maximum Gasteiger partial charge on any atom is 1.00 e. The van der Waals surface area contributed by atoms with Gasteiger partial charge in [-0.25, -0.2) is 0 Å². The van der Waals surface area contributed by atoms with E-state index in [1.165, 1.54) is 6.92 Å². The van der Waals surface area contributed by atoms with Crippen LogP contribution in [0.4, 0.5) is 0 Å². The Morgan fingerprint density at radius 2 is 1.73 bits per heavy atom. The average Bonchev–Trinajstić information content (AvgIpc) is 2.04. The maximum absolute atomic E-state index is 10.7. The van der Waals surface area contributed by atoms with E-state index in [4.69, 9.17) is 10.2 Å². The Bertz CT molecular complexity index is 237. The summed E-state index contributed by atoms with van der Waals surface area (Å²) in [5.41, 5.74) is 0. The summed E-state index contributed by atoms with van der Waals surface area (Å²) < 4.78 is 0. The van der Waals surface area contributed by atoms with Crippen LogP contribution in [0.3, 0.4) is 0 Å². The van der Waals surface area contributed by atoms with Crippen LogP contribution in [0.5, 0.6) is 0 Å². The first-order valence-corrected chi connectivity index (χ1v) is 4.07. The molecule has 0 aliphatic rings. The van der Waals surface area contributed by atoms with Crippen LogP contribution in [0.15, 0.2) is 12.2 Å². The van der Waals surface area contributed by atoms with Gasteiger partial charge in [-0.3, -0.25) is 9.59 Å². The minimum atomic E-state index is -1.07. The number of rotatable bonds is 5. The zero-order chi connectivity index (χ0) is 10.4. The monoisotopic (exact) mass is 234 g/mol. The van der Waals surface area contributed by atoms with E-state index < -0.39 is 23.8 Å². The van der Waals surface area contributed by atoms with Crippen molar-refractivity contribution in [2.45, 2.75) is 20.3 Å². The number of allylic oxidation sites excluding steroid dienone is 2. The fourth-order valence-corrected chi connectivity index (χ4v) is 0.974. The molecule has 0 saturated carbocycles. The molecule has 2 atom stereocenters. The largest absolute Gasteiger partial charge is 1.00 e. The van der Waals surface area contributed by atoms with Crippen LogP contribution in [0.25, 0.3) is 0 Å². The number of hydrogen-bond acceptors (Lipinski definition) is 2. The second-order valence-electron chi connectivity index (χ2n) is 2.88. The molecule has 0 aliphatic carbocycles. The third kappa shape index (κ3) is 8.48. The van der Waals surface area contributed by atoms with Gasteiger partial charge in [-0.15, -0.1) is 0 Å². The van der Waals surface area contributed by atoms with Gasteiger partial charge in [0.1, 0.15) is 0 Å². The Morgan fingerprint density at radius 3 is 2.00 bits per heavy atom. The molecule has 0 radical (unpaired) electrons. The Morgan fingerprint density at radius 1 is 1.27 bits per heavy atom. The van der Waals surface area contributed by atoms with Gasteiger partial charge in [-0.2, -0.15) is 0 Å². The van der Waals surface area contributed by atoms with E-state index in [9.17, 15) is 9.59 Å². The predicted molar refractivity (Wildman–Crippen MR) is 49.6 cm³/mol. The van der Waals surface area contributed by atoms with Gasteiger partial charge in [-0.05, 0) is 13.3 Å². The molecule has 0 saturated heterocycles. The first-order valence-electron chi connectivity index (χ1n) is 4.07. The van der Waals surface area contributed by atoms with E-state index in [-0.39, 0.29) is 68.4 Å². The minimum Gasteiger partial charge on any atom is -1.00 e. The molecule has 0 rings (SSSR count).